The highest BCUT2D eigenvalue weighted by Gasteiger charge is 2.14. The quantitative estimate of drug-likeness (QED) is 0.846. The van der Waals surface area contributed by atoms with Gasteiger partial charge in [-0.15, -0.1) is 0 Å². The molecule has 3 nitrogen and oxygen atoms in total. The van der Waals surface area contributed by atoms with Crippen LogP contribution in [-0.4, -0.2) is 12.5 Å². The number of halogens is 2. The van der Waals surface area contributed by atoms with E-state index in [1.54, 1.807) is 18.2 Å². The van der Waals surface area contributed by atoms with E-state index in [1.165, 1.54) is 5.56 Å². The van der Waals surface area contributed by atoms with Gasteiger partial charge in [0.05, 0.1) is 10.6 Å². The first-order valence-corrected chi connectivity index (χ1v) is 7.44. The van der Waals surface area contributed by atoms with Crippen LogP contribution in [0.25, 0.3) is 0 Å². The summed E-state index contributed by atoms with van der Waals surface area (Å²) < 4.78 is 0.713. The van der Waals surface area contributed by atoms with Gasteiger partial charge in [-0.1, -0.05) is 17.7 Å². The zero-order valence-electron chi connectivity index (χ0n) is 10.5. The molecule has 3 rings (SSSR count). The summed E-state index contributed by atoms with van der Waals surface area (Å²) >= 11 is 9.45. The molecular weight excluding hydrogens is 340 g/mol. The summed E-state index contributed by atoms with van der Waals surface area (Å²) in [5.74, 6) is -0.206. The number of anilines is 2. The minimum Gasteiger partial charge on any atom is -0.384 e. The summed E-state index contributed by atoms with van der Waals surface area (Å²) in [4.78, 5) is 12.3. The fourth-order valence-electron chi connectivity index (χ4n) is 2.26. The van der Waals surface area contributed by atoms with Gasteiger partial charge in [0, 0.05) is 22.4 Å². The van der Waals surface area contributed by atoms with E-state index in [4.69, 9.17) is 11.6 Å². The Morgan fingerprint density at radius 1 is 1.30 bits per heavy atom. The molecule has 0 saturated heterocycles. The minimum absolute atomic E-state index is 0.206. The summed E-state index contributed by atoms with van der Waals surface area (Å²) in [5.41, 5.74) is 3.61. The molecule has 0 radical (unpaired) electrons. The maximum absolute atomic E-state index is 12.3. The second-order valence-electron chi connectivity index (χ2n) is 4.60. The van der Waals surface area contributed by atoms with Gasteiger partial charge in [0.1, 0.15) is 0 Å². The Bertz CT molecular complexity index is 688. The third kappa shape index (κ3) is 2.53. The molecular formula is C15H12BrClN2O. The Labute approximate surface area is 130 Å². The Balaban J connectivity index is 1.84. The van der Waals surface area contributed by atoms with E-state index in [1.807, 2.05) is 18.2 Å². The highest BCUT2D eigenvalue weighted by Crippen LogP contribution is 2.28. The summed E-state index contributed by atoms with van der Waals surface area (Å²) in [6.07, 6.45) is 0.983. The van der Waals surface area contributed by atoms with Crippen molar-refractivity contribution in [2.24, 2.45) is 0 Å². The second kappa shape index (κ2) is 5.46. The smallest absolute Gasteiger partial charge is 0.257 e. The highest BCUT2D eigenvalue weighted by molar-refractivity contribution is 9.10. The van der Waals surface area contributed by atoms with E-state index in [9.17, 15) is 4.79 Å². The standard InChI is InChI=1S/C15H12BrClN2O/c16-12-3-1-2-11(14(12)17)15(20)19-10-4-5-13-9(8-10)6-7-18-13/h1-5,8,18H,6-7H2,(H,19,20). The molecule has 0 aromatic heterocycles. The number of hydrogen-bond donors (Lipinski definition) is 2. The van der Waals surface area contributed by atoms with Crippen LogP contribution in [0.15, 0.2) is 40.9 Å². The number of carbonyl (C=O) groups is 1. The molecule has 1 amide bonds. The first-order chi connectivity index (χ1) is 9.65. The molecule has 2 aromatic rings. The van der Waals surface area contributed by atoms with Gasteiger partial charge in [0.25, 0.3) is 5.91 Å². The van der Waals surface area contributed by atoms with Gasteiger partial charge < -0.3 is 10.6 Å². The molecule has 0 spiro atoms. The Kier molecular flexibility index (Phi) is 3.68. The minimum atomic E-state index is -0.206. The number of amides is 1. The van der Waals surface area contributed by atoms with Crippen LogP contribution < -0.4 is 10.6 Å². The number of hydrogen-bond acceptors (Lipinski definition) is 2. The summed E-state index contributed by atoms with van der Waals surface area (Å²) in [6, 6.07) is 11.2. The van der Waals surface area contributed by atoms with Crippen molar-refractivity contribution in [2.45, 2.75) is 6.42 Å². The molecule has 0 bridgehead atoms. The topological polar surface area (TPSA) is 41.1 Å². The molecule has 0 atom stereocenters. The molecule has 1 aliphatic heterocycles. The van der Waals surface area contributed by atoms with Gasteiger partial charge in [-0.05, 0) is 58.2 Å². The van der Waals surface area contributed by atoms with E-state index in [0.717, 1.165) is 24.3 Å². The summed E-state index contributed by atoms with van der Waals surface area (Å²) in [6.45, 7) is 0.949. The Morgan fingerprint density at radius 2 is 2.15 bits per heavy atom. The molecule has 20 heavy (non-hydrogen) atoms. The zero-order chi connectivity index (χ0) is 14.1. The van der Waals surface area contributed by atoms with Crippen LogP contribution in [-0.2, 0) is 6.42 Å². The Hall–Kier alpha value is -1.52. The molecule has 0 saturated carbocycles. The molecule has 0 aliphatic carbocycles. The average Bonchev–Trinajstić information content (AvgIpc) is 2.89. The van der Waals surface area contributed by atoms with E-state index >= 15 is 0 Å². The van der Waals surface area contributed by atoms with Crippen LogP contribution in [0.3, 0.4) is 0 Å². The fourth-order valence-corrected chi connectivity index (χ4v) is 2.84. The molecule has 1 heterocycles. The van der Waals surface area contributed by atoms with Gasteiger partial charge in [-0.25, -0.2) is 0 Å². The maximum Gasteiger partial charge on any atom is 0.257 e. The third-order valence-electron chi connectivity index (χ3n) is 3.27. The van der Waals surface area contributed by atoms with Gasteiger partial charge in [0.2, 0.25) is 0 Å². The third-order valence-corrected chi connectivity index (χ3v) is 4.57. The van der Waals surface area contributed by atoms with E-state index < -0.39 is 0 Å². The van der Waals surface area contributed by atoms with E-state index in [-0.39, 0.29) is 5.91 Å². The lowest BCUT2D eigenvalue weighted by Gasteiger charge is -2.09. The fraction of sp³-hybridized carbons (Fsp3) is 0.133. The summed E-state index contributed by atoms with van der Waals surface area (Å²) in [5, 5.41) is 6.60. The van der Waals surface area contributed by atoms with Crippen LogP contribution in [0, 0.1) is 0 Å². The normalized spacial score (nSPS) is 12.7. The lowest BCUT2D eigenvalue weighted by molar-refractivity contribution is 0.102. The largest absolute Gasteiger partial charge is 0.384 e. The van der Waals surface area contributed by atoms with Gasteiger partial charge in [0.15, 0.2) is 0 Å². The summed E-state index contributed by atoms with van der Waals surface area (Å²) in [7, 11) is 0. The monoisotopic (exact) mass is 350 g/mol. The van der Waals surface area contributed by atoms with Crippen molar-refractivity contribution in [3.8, 4) is 0 Å². The predicted octanol–water partition coefficient (Wildman–Crippen LogP) is 4.32. The van der Waals surface area contributed by atoms with Crippen LogP contribution in [0.5, 0.6) is 0 Å². The van der Waals surface area contributed by atoms with Crippen molar-refractivity contribution in [2.75, 3.05) is 17.2 Å². The molecule has 102 valence electrons. The molecule has 2 N–H and O–H groups in total. The molecule has 2 aromatic carbocycles. The number of fused-ring (bicyclic) bond motifs is 1. The van der Waals surface area contributed by atoms with Crippen molar-refractivity contribution in [3.63, 3.8) is 0 Å². The SMILES string of the molecule is O=C(Nc1ccc2c(c1)CCN2)c1cccc(Br)c1Cl. The lowest BCUT2D eigenvalue weighted by Crippen LogP contribution is -2.12. The lowest BCUT2D eigenvalue weighted by atomic mass is 10.1. The van der Waals surface area contributed by atoms with Crippen LogP contribution in [0.4, 0.5) is 11.4 Å². The Morgan fingerprint density at radius 3 is 3.00 bits per heavy atom. The first kappa shape index (κ1) is 13.5. The van der Waals surface area contributed by atoms with Crippen molar-refractivity contribution in [1.29, 1.82) is 0 Å². The first-order valence-electron chi connectivity index (χ1n) is 6.27. The molecule has 0 unspecified atom stereocenters. The van der Waals surface area contributed by atoms with E-state index in [0.29, 0.717) is 15.1 Å². The number of benzene rings is 2. The average molecular weight is 352 g/mol. The number of carbonyl (C=O) groups excluding carboxylic acids is 1. The maximum atomic E-state index is 12.3. The van der Waals surface area contributed by atoms with Crippen LogP contribution in [0.2, 0.25) is 5.02 Å². The molecule has 1 aliphatic rings. The van der Waals surface area contributed by atoms with Crippen LogP contribution in [0.1, 0.15) is 15.9 Å². The van der Waals surface area contributed by atoms with Crippen molar-refractivity contribution in [1.82, 2.24) is 0 Å². The predicted molar refractivity (Wildman–Crippen MR) is 85.7 cm³/mol. The number of nitrogens with one attached hydrogen (secondary N) is 2. The van der Waals surface area contributed by atoms with Crippen LogP contribution >= 0.6 is 27.5 Å². The van der Waals surface area contributed by atoms with Crippen molar-refractivity contribution < 1.29 is 4.79 Å². The van der Waals surface area contributed by atoms with Crippen molar-refractivity contribution >= 4 is 44.8 Å². The zero-order valence-corrected chi connectivity index (χ0v) is 12.9. The molecule has 5 heteroatoms. The second-order valence-corrected chi connectivity index (χ2v) is 5.84. The van der Waals surface area contributed by atoms with E-state index in [2.05, 4.69) is 26.6 Å². The van der Waals surface area contributed by atoms with Gasteiger partial charge in [-0.2, -0.15) is 0 Å². The molecule has 0 fully saturated rings. The van der Waals surface area contributed by atoms with Gasteiger partial charge in [-0.3, -0.25) is 4.79 Å². The number of rotatable bonds is 2. The van der Waals surface area contributed by atoms with Crippen molar-refractivity contribution in [3.05, 3.63) is 57.0 Å². The highest BCUT2D eigenvalue weighted by atomic mass is 79.9. The van der Waals surface area contributed by atoms with Gasteiger partial charge >= 0.3 is 0 Å².